The van der Waals surface area contributed by atoms with E-state index in [4.69, 9.17) is 4.74 Å². The Morgan fingerprint density at radius 1 is 1.31 bits per heavy atom. The number of benzene rings is 2. The number of phenols is 1. The first-order valence-corrected chi connectivity index (χ1v) is 12.7. The molecule has 8 nitrogen and oxygen atoms in total. The fourth-order valence-corrected chi connectivity index (χ4v) is 5.63. The normalized spacial score (nSPS) is 17.1. The second-order valence-corrected chi connectivity index (χ2v) is 9.63. The minimum absolute atomic E-state index is 0.0238. The molecule has 4 aromatic rings. The summed E-state index contributed by atoms with van der Waals surface area (Å²) in [7, 11) is 3.22. The Morgan fingerprint density at radius 2 is 2.08 bits per heavy atom. The number of phenolic OH excluding ortho intramolecular Hbond substituents is 1. The molecule has 3 heterocycles. The number of ether oxygens (including phenoxy) is 1. The molecule has 1 amide bonds. The van der Waals surface area contributed by atoms with Crippen LogP contribution in [0.1, 0.15) is 25.8 Å². The lowest BCUT2D eigenvalue weighted by Crippen LogP contribution is -2.43. The van der Waals surface area contributed by atoms with Gasteiger partial charge in [0.2, 0.25) is 5.91 Å². The third kappa shape index (κ3) is 4.29. The Morgan fingerprint density at radius 3 is 2.77 bits per heavy atom. The summed E-state index contributed by atoms with van der Waals surface area (Å²) in [5.41, 5.74) is 0.564. The van der Waals surface area contributed by atoms with E-state index in [0.29, 0.717) is 46.9 Å². The topological polar surface area (TPSA) is 91.7 Å². The number of amides is 1. The summed E-state index contributed by atoms with van der Waals surface area (Å²) in [6, 6.07) is 5.49. The number of rotatable bonds is 6. The lowest BCUT2D eigenvalue weighted by molar-refractivity contribution is -0.126. The zero-order valence-electron chi connectivity index (χ0n) is 22.2. The highest BCUT2D eigenvalue weighted by Crippen LogP contribution is 2.39. The van der Waals surface area contributed by atoms with Gasteiger partial charge < -0.3 is 19.6 Å². The maximum Gasteiger partial charge on any atom is 0.318 e. The number of hydrogen-bond donors (Lipinski definition) is 1. The number of methoxy groups -OCH3 is 1. The molecule has 1 aliphatic heterocycles. The third-order valence-electron chi connectivity index (χ3n) is 7.59. The summed E-state index contributed by atoms with van der Waals surface area (Å²) in [4.78, 5) is 29.2. The Balaban J connectivity index is 1.69. The van der Waals surface area contributed by atoms with Crippen molar-refractivity contribution in [2.45, 2.75) is 38.8 Å². The largest absolute Gasteiger partial charge is 0.508 e. The molecule has 10 heteroatoms. The first-order valence-electron chi connectivity index (χ1n) is 12.7. The van der Waals surface area contributed by atoms with Crippen LogP contribution in [-0.4, -0.2) is 63.7 Å². The van der Waals surface area contributed by atoms with E-state index in [-0.39, 0.29) is 46.5 Å². The summed E-state index contributed by atoms with van der Waals surface area (Å²) in [6.45, 7) is 7.90. The number of carbonyl (C=O) groups is 1. The van der Waals surface area contributed by atoms with Gasteiger partial charge >= 0.3 is 6.01 Å². The van der Waals surface area contributed by atoms with Gasteiger partial charge in [-0.25, -0.2) is 8.78 Å². The van der Waals surface area contributed by atoms with Gasteiger partial charge in [-0.2, -0.15) is 9.97 Å². The molecule has 2 aromatic heterocycles. The van der Waals surface area contributed by atoms with Crippen molar-refractivity contribution in [2.75, 3.05) is 25.6 Å². The number of carbonyl (C=O) groups excluding carboxylic acids is 1. The molecule has 39 heavy (non-hydrogen) atoms. The number of anilines is 1. The number of hydrogen-bond acceptors (Lipinski definition) is 7. The van der Waals surface area contributed by atoms with E-state index in [1.165, 1.54) is 37.6 Å². The maximum atomic E-state index is 16.3. The van der Waals surface area contributed by atoms with Gasteiger partial charge in [-0.15, -0.1) is 0 Å². The van der Waals surface area contributed by atoms with Crippen LogP contribution in [0.5, 0.6) is 11.8 Å². The summed E-state index contributed by atoms with van der Waals surface area (Å²) in [6.07, 6.45) is 3.82. The molecule has 0 saturated carbocycles. The van der Waals surface area contributed by atoms with Gasteiger partial charge in [0.1, 0.15) is 28.6 Å². The summed E-state index contributed by atoms with van der Waals surface area (Å²) >= 11 is 0. The van der Waals surface area contributed by atoms with E-state index < -0.39 is 11.6 Å². The SMILES string of the molecule is C=CC(=O)N1CCC(N(C)c2nc(OC)nc3c(F)c(-c4cc(O)cc5ccc(F)c(CC)c45)ncc23)C1C. The van der Waals surface area contributed by atoms with E-state index >= 15 is 4.39 Å². The molecular formula is C29H29F2N5O3. The van der Waals surface area contributed by atoms with Crippen LogP contribution in [0.2, 0.25) is 0 Å². The van der Waals surface area contributed by atoms with Crippen molar-refractivity contribution >= 4 is 33.4 Å². The number of likely N-dealkylation sites (tertiary alicyclic amines) is 1. The number of aryl methyl sites for hydroxylation is 1. The number of aromatic hydroxyl groups is 1. The minimum Gasteiger partial charge on any atom is -0.508 e. The predicted molar refractivity (Wildman–Crippen MR) is 146 cm³/mol. The van der Waals surface area contributed by atoms with E-state index in [0.717, 1.165) is 0 Å². The number of fused-ring (bicyclic) bond motifs is 2. The highest BCUT2D eigenvalue weighted by Gasteiger charge is 2.36. The average molecular weight is 534 g/mol. The first kappa shape index (κ1) is 26.3. The molecule has 0 spiro atoms. The monoisotopic (exact) mass is 533 g/mol. The van der Waals surface area contributed by atoms with Gasteiger partial charge in [0.05, 0.1) is 18.5 Å². The van der Waals surface area contributed by atoms with Crippen LogP contribution in [0.4, 0.5) is 14.6 Å². The number of likely N-dealkylation sites (N-methyl/N-ethyl adjacent to an activating group) is 1. The Hall–Kier alpha value is -4.34. The van der Waals surface area contributed by atoms with Gasteiger partial charge in [-0.05, 0) is 60.4 Å². The molecule has 5 rings (SSSR count). The second kappa shape index (κ2) is 10.1. The van der Waals surface area contributed by atoms with E-state index in [1.807, 2.05) is 25.8 Å². The lowest BCUT2D eigenvalue weighted by atomic mass is 9.94. The van der Waals surface area contributed by atoms with Crippen molar-refractivity contribution in [3.63, 3.8) is 0 Å². The van der Waals surface area contributed by atoms with Crippen LogP contribution >= 0.6 is 0 Å². The van der Waals surface area contributed by atoms with Crippen LogP contribution in [0, 0.1) is 11.6 Å². The molecule has 202 valence electrons. The van der Waals surface area contributed by atoms with Crippen molar-refractivity contribution in [1.82, 2.24) is 19.9 Å². The zero-order chi connectivity index (χ0) is 28.0. The van der Waals surface area contributed by atoms with Gasteiger partial charge in [-0.3, -0.25) is 9.78 Å². The Labute approximate surface area is 224 Å². The van der Waals surface area contributed by atoms with Crippen molar-refractivity contribution in [2.24, 2.45) is 0 Å². The van der Waals surface area contributed by atoms with Crippen LogP contribution in [-0.2, 0) is 11.2 Å². The van der Waals surface area contributed by atoms with Gasteiger partial charge in [0, 0.05) is 31.4 Å². The Bertz CT molecular complexity index is 1630. The lowest BCUT2D eigenvalue weighted by Gasteiger charge is -2.31. The average Bonchev–Trinajstić information content (AvgIpc) is 3.32. The van der Waals surface area contributed by atoms with Crippen LogP contribution in [0.3, 0.4) is 0 Å². The zero-order valence-corrected chi connectivity index (χ0v) is 22.2. The summed E-state index contributed by atoms with van der Waals surface area (Å²) in [5.74, 6) is -1.01. The smallest absolute Gasteiger partial charge is 0.318 e. The first-order chi connectivity index (χ1) is 18.7. The summed E-state index contributed by atoms with van der Waals surface area (Å²) in [5, 5.41) is 11.8. The van der Waals surface area contributed by atoms with E-state index in [9.17, 15) is 14.3 Å². The third-order valence-corrected chi connectivity index (χ3v) is 7.59. The molecule has 2 aromatic carbocycles. The molecule has 1 aliphatic rings. The van der Waals surface area contributed by atoms with Gasteiger partial charge in [0.15, 0.2) is 5.82 Å². The standard InChI is InChI=1S/C29H29F2N5O3/c1-6-18-21(30)9-8-16-12-17(37)13-19(24(16)18)26-25(31)27-20(14-32-26)28(34-29(33-27)39-5)35(4)22-10-11-36(15(22)3)23(38)7-2/h7-9,12-15,22,37H,2,6,10-11H2,1,3-5H3. The number of pyridine rings is 1. The molecule has 1 saturated heterocycles. The van der Waals surface area contributed by atoms with E-state index in [1.54, 1.807) is 11.0 Å². The van der Waals surface area contributed by atoms with Gasteiger partial charge in [-0.1, -0.05) is 19.6 Å². The molecule has 1 fully saturated rings. The molecule has 0 aliphatic carbocycles. The predicted octanol–water partition coefficient (Wildman–Crippen LogP) is 5.01. The Kier molecular flexibility index (Phi) is 6.80. The van der Waals surface area contributed by atoms with Gasteiger partial charge in [0.25, 0.3) is 0 Å². The van der Waals surface area contributed by atoms with Crippen LogP contribution in [0.15, 0.2) is 43.1 Å². The van der Waals surface area contributed by atoms with Crippen molar-refractivity contribution in [1.29, 1.82) is 0 Å². The molecule has 2 atom stereocenters. The fraction of sp³-hybridized carbons (Fsp3) is 0.310. The molecule has 2 unspecified atom stereocenters. The highest BCUT2D eigenvalue weighted by molar-refractivity contribution is 6.01. The van der Waals surface area contributed by atoms with Crippen LogP contribution < -0.4 is 9.64 Å². The number of aromatic nitrogens is 3. The van der Waals surface area contributed by atoms with Crippen LogP contribution in [0.25, 0.3) is 32.9 Å². The fourth-order valence-electron chi connectivity index (χ4n) is 5.63. The minimum atomic E-state index is -0.746. The highest BCUT2D eigenvalue weighted by atomic mass is 19.1. The second-order valence-electron chi connectivity index (χ2n) is 9.63. The molecule has 0 radical (unpaired) electrons. The maximum absolute atomic E-state index is 16.3. The molecular weight excluding hydrogens is 504 g/mol. The van der Waals surface area contributed by atoms with Crippen molar-refractivity contribution in [3.8, 4) is 23.0 Å². The number of halogens is 2. The summed E-state index contributed by atoms with van der Waals surface area (Å²) < 4.78 is 36.4. The van der Waals surface area contributed by atoms with Crippen molar-refractivity contribution in [3.05, 3.63) is 60.3 Å². The quantitative estimate of drug-likeness (QED) is 0.348. The van der Waals surface area contributed by atoms with Crippen molar-refractivity contribution < 1.29 is 23.4 Å². The number of nitrogens with zero attached hydrogens (tertiary/aromatic N) is 5. The molecule has 1 N–H and O–H groups in total. The van der Waals surface area contributed by atoms with E-state index in [2.05, 4.69) is 21.5 Å². The molecule has 0 bridgehead atoms.